The third-order valence-corrected chi connectivity index (χ3v) is 3.80. The summed E-state index contributed by atoms with van der Waals surface area (Å²) in [5, 5.41) is 0. The Morgan fingerprint density at radius 2 is 2.11 bits per heavy atom. The molecule has 1 unspecified atom stereocenters. The Bertz CT molecular complexity index is 404. The lowest BCUT2D eigenvalue weighted by Crippen LogP contribution is -2.37. The van der Waals surface area contributed by atoms with E-state index < -0.39 is 0 Å². The number of halogens is 1. The van der Waals surface area contributed by atoms with Crippen LogP contribution in [0.2, 0.25) is 0 Å². The van der Waals surface area contributed by atoms with Gasteiger partial charge in [0.15, 0.2) is 0 Å². The van der Waals surface area contributed by atoms with Gasteiger partial charge in [0.05, 0.1) is 5.69 Å². The van der Waals surface area contributed by atoms with Crippen molar-refractivity contribution in [3.8, 4) is 0 Å². The second-order valence-corrected chi connectivity index (χ2v) is 4.82. The highest BCUT2D eigenvalue weighted by Crippen LogP contribution is 2.26. The molecule has 0 spiro atoms. The summed E-state index contributed by atoms with van der Waals surface area (Å²) in [4.78, 5) is 4.56. The molecular weight excluding hydrogens is 229 g/mol. The number of rotatable bonds is 4. The minimum Gasteiger partial charge on any atom is -0.399 e. The molecule has 1 aromatic carbocycles. The van der Waals surface area contributed by atoms with Crippen molar-refractivity contribution in [3.63, 3.8) is 0 Å². The SMILES string of the molecule is CCN(CC)C1CCN(c2ccc(N)cc2F)C1. The van der Waals surface area contributed by atoms with Gasteiger partial charge in [-0.25, -0.2) is 4.39 Å². The van der Waals surface area contributed by atoms with Gasteiger partial charge in [0, 0.05) is 24.8 Å². The van der Waals surface area contributed by atoms with E-state index in [1.165, 1.54) is 6.07 Å². The molecule has 0 saturated carbocycles. The van der Waals surface area contributed by atoms with Crippen LogP contribution in [-0.4, -0.2) is 37.1 Å². The molecule has 1 aliphatic rings. The van der Waals surface area contributed by atoms with E-state index >= 15 is 0 Å². The van der Waals surface area contributed by atoms with Gasteiger partial charge in [0.25, 0.3) is 0 Å². The zero-order valence-electron chi connectivity index (χ0n) is 11.2. The first-order chi connectivity index (χ1) is 8.65. The molecule has 0 aromatic heterocycles. The summed E-state index contributed by atoms with van der Waals surface area (Å²) in [5.74, 6) is -0.213. The Morgan fingerprint density at radius 1 is 1.39 bits per heavy atom. The lowest BCUT2D eigenvalue weighted by atomic mass is 10.2. The Kier molecular flexibility index (Phi) is 4.07. The Hall–Kier alpha value is -1.29. The molecule has 0 aliphatic carbocycles. The Labute approximate surface area is 108 Å². The first-order valence-electron chi connectivity index (χ1n) is 6.69. The van der Waals surface area contributed by atoms with Crippen LogP contribution in [0, 0.1) is 5.82 Å². The summed E-state index contributed by atoms with van der Waals surface area (Å²) in [6, 6.07) is 5.50. The number of nitrogens with two attached hydrogens (primary N) is 1. The van der Waals surface area contributed by atoms with E-state index in [9.17, 15) is 4.39 Å². The molecule has 2 N–H and O–H groups in total. The predicted octanol–water partition coefficient (Wildman–Crippen LogP) is 2.33. The van der Waals surface area contributed by atoms with Gasteiger partial charge in [-0.3, -0.25) is 4.90 Å². The summed E-state index contributed by atoms with van der Waals surface area (Å²) < 4.78 is 13.9. The third-order valence-electron chi connectivity index (χ3n) is 3.80. The number of hydrogen-bond donors (Lipinski definition) is 1. The minimum atomic E-state index is -0.213. The van der Waals surface area contributed by atoms with Crippen LogP contribution in [-0.2, 0) is 0 Å². The predicted molar refractivity (Wildman–Crippen MR) is 74.4 cm³/mol. The van der Waals surface area contributed by atoms with Gasteiger partial charge >= 0.3 is 0 Å². The van der Waals surface area contributed by atoms with Gasteiger partial charge in [0.1, 0.15) is 5.82 Å². The number of nitrogens with zero attached hydrogens (tertiary/aromatic N) is 2. The van der Waals surface area contributed by atoms with E-state index in [-0.39, 0.29) is 5.82 Å². The second kappa shape index (κ2) is 5.57. The summed E-state index contributed by atoms with van der Waals surface area (Å²) in [6.07, 6.45) is 1.10. The molecule has 1 fully saturated rings. The molecule has 3 nitrogen and oxygen atoms in total. The van der Waals surface area contributed by atoms with Crippen LogP contribution in [0.1, 0.15) is 20.3 Å². The second-order valence-electron chi connectivity index (χ2n) is 4.82. The smallest absolute Gasteiger partial charge is 0.148 e. The van der Waals surface area contributed by atoms with Crippen LogP contribution in [0.4, 0.5) is 15.8 Å². The number of benzene rings is 1. The third kappa shape index (κ3) is 2.58. The van der Waals surface area contributed by atoms with E-state index in [1.54, 1.807) is 12.1 Å². The minimum absolute atomic E-state index is 0.213. The lowest BCUT2D eigenvalue weighted by Gasteiger charge is -2.26. The monoisotopic (exact) mass is 251 g/mol. The van der Waals surface area contributed by atoms with E-state index in [1.807, 2.05) is 0 Å². The Morgan fingerprint density at radius 3 is 2.72 bits per heavy atom. The largest absolute Gasteiger partial charge is 0.399 e. The number of nitrogen functional groups attached to an aromatic ring is 1. The van der Waals surface area contributed by atoms with Gasteiger partial charge < -0.3 is 10.6 Å². The average Bonchev–Trinajstić information content (AvgIpc) is 2.80. The van der Waals surface area contributed by atoms with E-state index in [2.05, 4.69) is 23.6 Å². The van der Waals surface area contributed by atoms with Crippen LogP contribution in [0.25, 0.3) is 0 Å². The number of anilines is 2. The quantitative estimate of drug-likeness (QED) is 0.834. The van der Waals surface area contributed by atoms with Crippen LogP contribution in [0.5, 0.6) is 0 Å². The molecule has 1 heterocycles. The van der Waals surface area contributed by atoms with Crippen molar-refractivity contribution in [1.82, 2.24) is 4.90 Å². The number of hydrogen-bond acceptors (Lipinski definition) is 3. The van der Waals surface area contributed by atoms with E-state index in [0.717, 1.165) is 32.6 Å². The molecule has 18 heavy (non-hydrogen) atoms. The summed E-state index contributed by atoms with van der Waals surface area (Å²) >= 11 is 0. The Balaban J connectivity index is 2.08. The highest BCUT2D eigenvalue weighted by molar-refractivity contribution is 5.55. The number of likely N-dealkylation sites (N-methyl/N-ethyl adjacent to an activating group) is 1. The van der Waals surface area contributed by atoms with Gasteiger partial charge in [-0.1, -0.05) is 13.8 Å². The van der Waals surface area contributed by atoms with Crippen LogP contribution >= 0.6 is 0 Å². The van der Waals surface area contributed by atoms with Crippen molar-refractivity contribution in [2.24, 2.45) is 0 Å². The average molecular weight is 251 g/mol. The van der Waals surface area contributed by atoms with Gasteiger partial charge in [-0.05, 0) is 37.7 Å². The standard InChI is InChI=1S/C14H22FN3/c1-3-17(4-2)12-7-8-18(10-12)14-6-5-11(16)9-13(14)15/h5-6,9,12H,3-4,7-8,10,16H2,1-2H3. The van der Waals surface area contributed by atoms with Crippen LogP contribution in [0.3, 0.4) is 0 Å². The summed E-state index contributed by atoms with van der Waals surface area (Å²) in [5.41, 5.74) is 6.74. The van der Waals surface area contributed by atoms with Gasteiger partial charge in [0.2, 0.25) is 0 Å². The van der Waals surface area contributed by atoms with E-state index in [0.29, 0.717) is 17.4 Å². The highest BCUT2D eigenvalue weighted by atomic mass is 19.1. The molecule has 1 saturated heterocycles. The maximum absolute atomic E-state index is 13.9. The van der Waals surface area contributed by atoms with Gasteiger partial charge in [-0.2, -0.15) is 0 Å². The molecule has 1 aromatic rings. The molecule has 1 atom stereocenters. The van der Waals surface area contributed by atoms with Crippen molar-refractivity contribution in [3.05, 3.63) is 24.0 Å². The first-order valence-corrected chi connectivity index (χ1v) is 6.69. The van der Waals surface area contributed by atoms with Gasteiger partial charge in [-0.15, -0.1) is 0 Å². The van der Waals surface area contributed by atoms with Crippen LogP contribution < -0.4 is 10.6 Å². The van der Waals surface area contributed by atoms with Crippen molar-refractivity contribution in [2.45, 2.75) is 26.3 Å². The van der Waals surface area contributed by atoms with Crippen LogP contribution in [0.15, 0.2) is 18.2 Å². The molecule has 2 rings (SSSR count). The lowest BCUT2D eigenvalue weighted by molar-refractivity contribution is 0.232. The fourth-order valence-corrected chi connectivity index (χ4v) is 2.78. The summed E-state index contributed by atoms with van der Waals surface area (Å²) in [7, 11) is 0. The molecule has 1 aliphatic heterocycles. The molecular formula is C14H22FN3. The normalized spacial score (nSPS) is 19.8. The fraction of sp³-hybridized carbons (Fsp3) is 0.571. The first kappa shape index (κ1) is 13.1. The molecule has 4 heteroatoms. The molecule has 0 amide bonds. The van der Waals surface area contributed by atoms with Crippen molar-refractivity contribution >= 4 is 11.4 Å². The molecule has 0 radical (unpaired) electrons. The van der Waals surface area contributed by atoms with Crippen molar-refractivity contribution in [1.29, 1.82) is 0 Å². The zero-order valence-corrected chi connectivity index (χ0v) is 11.2. The van der Waals surface area contributed by atoms with E-state index in [4.69, 9.17) is 5.73 Å². The topological polar surface area (TPSA) is 32.5 Å². The fourth-order valence-electron chi connectivity index (χ4n) is 2.78. The maximum atomic E-state index is 13.9. The zero-order chi connectivity index (χ0) is 13.1. The maximum Gasteiger partial charge on any atom is 0.148 e. The van der Waals surface area contributed by atoms with Crippen molar-refractivity contribution < 1.29 is 4.39 Å². The molecule has 100 valence electrons. The molecule has 0 bridgehead atoms. The van der Waals surface area contributed by atoms with Crippen molar-refractivity contribution in [2.75, 3.05) is 36.8 Å². The highest BCUT2D eigenvalue weighted by Gasteiger charge is 2.27. The summed E-state index contributed by atoms with van der Waals surface area (Å²) in [6.45, 7) is 8.29.